The molecular formula is C12H19N7OS. The van der Waals surface area contributed by atoms with Gasteiger partial charge in [0, 0.05) is 11.6 Å². The summed E-state index contributed by atoms with van der Waals surface area (Å²) in [6.07, 6.45) is 3.51. The molecule has 1 atom stereocenters. The lowest BCUT2D eigenvalue weighted by Gasteiger charge is -2.15. The molecule has 8 nitrogen and oxygen atoms in total. The molecule has 2 heterocycles. The summed E-state index contributed by atoms with van der Waals surface area (Å²) in [5.41, 5.74) is 2.41. The molecule has 2 aromatic rings. The van der Waals surface area contributed by atoms with Crippen molar-refractivity contribution in [2.75, 3.05) is 17.3 Å². The second kappa shape index (κ2) is 7.70. The van der Waals surface area contributed by atoms with Crippen molar-refractivity contribution in [3.8, 4) is 6.01 Å². The summed E-state index contributed by atoms with van der Waals surface area (Å²) in [5, 5.41) is 6.16. The first kappa shape index (κ1) is 15.4. The first-order valence-electron chi connectivity index (χ1n) is 6.78. The first-order chi connectivity index (χ1) is 10.3. The zero-order valence-corrected chi connectivity index (χ0v) is 12.9. The quantitative estimate of drug-likeness (QED) is 0.501. The van der Waals surface area contributed by atoms with Crippen molar-refractivity contribution < 1.29 is 4.74 Å². The second-order valence-corrected chi connectivity index (χ2v) is 5.16. The average molecular weight is 309 g/mol. The summed E-state index contributed by atoms with van der Waals surface area (Å²) in [5.74, 6) is 6.04. The summed E-state index contributed by atoms with van der Waals surface area (Å²) in [4.78, 5) is 16.8. The second-order valence-electron chi connectivity index (χ2n) is 4.23. The number of nitrogens with one attached hydrogen (secondary N) is 2. The van der Waals surface area contributed by atoms with Gasteiger partial charge in [0.1, 0.15) is 5.01 Å². The van der Waals surface area contributed by atoms with Crippen LogP contribution < -0.4 is 21.3 Å². The van der Waals surface area contributed by atoms with Crippen LogP contribution in [-0.2, 0) is 0 Å². The monoisotopic (exact) mass is 309 g/mol. The first-order valence-corrected chi connectivity index (χ1v) is 7.66. The van der Waals surface area contributed by atoms with Crippen molar-refractivity contribution in [3.63, 3.8) is 0 Å². The minimum atomic E-state index is 0.0389. The molecule has 0 aromatic carbocycles. The van der Waals surface area contributed by atoms with Crippen LogP contribution in [0.3, 0.4) is 0 Å². The van der Waals surface area contributed by atoms with Gasteiger partial charge in [-0.1, -0.05) is 13.8 Å². The fourth-order valence-corrected chi connectivity index (χ4v) is 2.42. The van der Waals surface area contributed by atoms with Crippen LogP contribution in [-0.4, -0.2) is 26.5 Å². The Morgan fingerprint density at radius 3 is 2.71 bits per heavy atom. The van der Waals surface area contributed by atoms with Crippen LogP contribution in [0.5, 0.6) is 6.01 Å². The Morgan fingerprint density at radius 1 is 1.29 bits per heavy atom. The van der Waals surface area contributed by atoms with Gasteiger partial charge in [-0.15, -0.1) is 11.3 Å². The Labute approximate surface area is 127 Å². The highest BCUT2D eigenvalue weighted by Crippen LogP contribution is 2.23. The van der Waals surface area contributed by atoms with Gasteiger partial charge < -0.3 is 10.1 Å². The Kier molecular flexibility index (Phi) is 5.64. The number of aromatic nitrogens is 4. The van der Waals surface area contributed by atoms with Crippen molar-refractivity contribution in [1.29, 1.82) is 0 Å². The van der Waals surface area contributed by atoms with Crippen LogP contribution in [0.4, 0.5) is 11.9 Å². The summed E-state index contributed by atoms with van der Waals surface area (Å²) in [6.45, 7) is 4.62. The molecule has 0 amide bonds. The predicted octanol–water partition coefficient (Wildman–Crippen LogP) is 1.97. The summed E-state index contributed by atoms with van der Waals surface area (Å²) < 4.78 is 5.43. The van der Waals surface area contributed by atoms with E-state index >= 15 is 0 Å². The molecule has 0 spiro atoms. The summed E-state index contributed by atoms with van der Waals surface area (Å²) >= 11 is 1.59. The number of hydrogen-bond acceptors (Lipinski definition) is 9. The number of hydrogen-bond donors (Lipinski definition) is 3. The van der Waals surface area contributed by atoms with Crippen LogP contribution in [0.15, 0.2) is 11.6 Å². The van der Waals surface area contributed by atoms with Gasteiger partial charge in [0.2, 0.25) is 11.9 Å². The van der Waals surface area contributed by atoms with Gasteiger partial charge >= 0.3 is 6.01 Å². The lowest BCUT2D eigenvalue weighted by atomic mass is 10.2. The predicted molar refractivity (Wildman–Crippen MR) is 82.2 cm³/mol. The van der Waals surface area contributed by atoms with E-state index in [0.717, 1.165) is 17.8 Å². The zero-order valence-electron chi connectivity index (χ0n) is 12.0. The van der Waals surface area contributed by atoms with E-state index in [9.17, 15) is 0 Å². The standard InChI is InChI=1S/C12H19N7OS/c1-3-6-20-12-17-10(16-11(18-12)19-13)15-8(4-2)9-14-5-7-21-9/h5,7-8H,3-4,6,13H2,1-2H3,(H2,15,16,17,18,19). The smallest absolute Gasteiger partial charge is 0.323 e. The van der Waals surface area contributed by atoms with Crippen LogP contribution in [0, 0.1) is 0 Å². The number of hydrazine groups is 1. The minimum Gasteiger partial charge on any atom is -0.463 e. The van der Waals surface area contributed by atoms with E-state index in [0.29, 0.717) is 12.6 Å². The third kappa shape index (κ3) is 4.23. The lowest BCUT2D eigenvalue weighted by molar-refractivity contribution is 0.292. The third-order valence-corrected chi connectivity index (χ3v) is 3.53. The van der Waals surface area contributed by atoms with Crippen molar-refractivity contribution in [3.05, 3.63) is 16.6 Å². The van der Waals surface area contributed by atoms with Gasteiger partial charge in [0.25, 0.3) is 0 Å². The van der Waals surface area contributed by atoms with Crippen molar-refractivity contribution in [2.45, 2.75) is 32.7 Å². The normalized spacial score (nSPS) is 12.0. The average Bonchev–Trinajstić information content (AvgIpc) is 3.04. The Balaban J connectivity index is 2.17. The highest BCUT2D eigenvalue weighted by atomic mass is 32.1. The van der Waals surface area contributed by atoms with Gasteiger partial charge in [-0.05, 0) is 12.8 Å². The van der Waals surface area contributed by atoms with E-state index in [-0.39, 0.29) is 18.0 Å². The van der Waals surface area contributed by atoms with Crippen LogP contribution in [0.2, 0.25) is 0 Å². The molecule has 114 valence electrons. The number of rotatable bonds is 8. The van der Waals surface area contributed by atoms with E-state index in [1.54, 1.807) is 17.5 Å². The molecule has 4 N–H and O–H groups in total. The van der Waals surface area contributed by atoms with Gasteiger partial charge in [-0.2, -0.15) is 15.0 Å². The van der Waals surface area contributed by atoms with Crippen LogP contribution >= 0.6 is 11.3 Å². The number of nitrogens with two attached hydrogens (primary N) is 1. The van der Waals surface area contributed by atoms with Crippen molar-refractivity contribution in [1.82, 2.24) is 19.9 Å². The minimum absolute atomic E-state index is 0.0389. The molecule has 0 aliphatic rings. The van der Waals surface area contributed by atoms with Gasteiger partial charge in [0.05, 0.1) is 12.6 Å². The topological polar surface area (TPSA) is 111 Å². The molecule has 0 fully saturated rings. The van der Waals surface area contributed by atoms with Gasteiger partial charge in [-0.25, -0.2) is 10.8 Å². The molecule has 0 saturated carbocycles. The van der Waals surface area contributed by atoms with Gasteiger partial charge in [0.15, 0.2) is 0 Å². The molecule has 1 unspecified atom stereocenters. The molecule has 0 bridgehead atoms. The Bertz CT molecular complexity index is 549. The van der Waals surface area contributed by atoms with Crippen molar-refractivity contribution in [2.24, 2.45) is 5.84 Å². The van der Waals surface area contributed by atoms with E-state index in [1.165, 1.54) is 0 Å². The number of thiazole rings is 1. The molecule has 0 aliphatic carbocycles. The fourth-order valence-electron chi connectivity index (χ4n) is 1.64. The Morgan fingerprint density at radius 2 is 2.10 bits per heavy atom. The van der Waals surface area contributed by atoms with Gasteiger partial charge in [-0.3, -0.25) is 5.43 Å². The molecule has 2 rings (SSSR count). The summed E-state index contributed by atoms with van der Waals surface area (Å²) in [6, 6.07) is 0.286. The molecular weight excluding hydrogens is 290 g/mol. The van der Waals surface area contributed by atoms with Crippen molar-refractivity contribution >= 4 is 23.2 Å². The van der Waals surface area contributed by atoms with Crippen LogP contribution in [0.25, 0.3) is 0 Å². The molecule has 21 heavy (non-hydrogen) atoms. The largest absolute Gasteiger partial charge is 0.463 e. The summed E-state index contributed by atoms with van der Waals surface area (Å²) in [7, 11) is 0. The van der Waals surface area contributed by atoms with E-state index in [2.05, 4.69) is 37.6 Å². The van der Waals surface area contributed by atoms with E-state index in [4.69, 9.17) is 10.6 Å². The lowest BCUT2D eigenvalue weighted by Crippen LogP contribution is -2.17. The Hall–Kier alpha value is -2.00. The molecule has 0 radical (unpaired) electrons. The third-order valence-electron chi connectivity index (χ3n) is 2.64. The maximum atomic E-state index is 5.43. The highest BCUT2D eigenvalue weighted by Gasteiger charge is 2.15. The molecule has 0 aliphatic heterocycles. The van der Waals surface area contributed by atoms with E-state index < -0.39 is 0 Å². The highest BCUT2D eigenvalue weighted by molar-refractivity contribution is 7.09. The number of nitrogen functional groups attached to an aromatic ring is 1. The molecule has 2 aromatic heterocycles. The number of anilines is 2. The number of nitrogens with zero attached hydrogens (tertiary/aromatic N) is 4. The SMILES string of the molecule is CCCOc1nc(NN)nc(NC(CC)c2nccs2)n1. The molecule has 0 saturated heterocycles. The zero-order chi connectivity index (χ0) is 15.1. The van der Waals surface area contributed by atoms with Crippen LogP contribution in [0.1, 0.15) is 37.7 Å². The fraction of sp³-hybridized carbons (Fsp3) is 0.500. The molecule has 9 heteroatoms. The maximum Gasteiger partial charge on any atom is 0.323 e. The number of ether oxygens (including phenoxy) is 1. The maximum absolute atomic E-state index is 5.43. The van der Waals surface area contributed by atoms with E-state index in [1.807, 2.05) is 12.3 Å².